The third-order valence-electron chi connectivity index (χ3n) is 3.09. The summed E-state index contributed by atoms with van der Waals surface area (Å²) in [6, 6.07) is 4.33. The molecule has 18 heavy (non-hydrogen) atoms. The Morgan fingerprint density at radius 2 is 2.22 bits per heavy atom. The van der Waals surface area contributed by atoms with Gasteiger partial charge in [-0.3, -0.25) is 4.79 Å². The average molecular weight is 271 g/mol. The summed E-state index contributed by atoms with van der Waals surface area (Å²) in [6.45, 7) is 0.829. The molecule has 0 bridgehead atoms. The Hall–Kier alpha value is -1.13. The molecule has 1 unspecified atom stereocenters. The summed E-state index contributed by atoms with van der Waals surface area (Å²) in [6.07, 6.45) is 4.01. The van der Waals surface area contributed by atoms with Crippen molar-refractivity contribution in [2.75, 3.05) is 11.9 Å². The Morgan fingerprint density at radius 1 is 1.39 bits per heavy atom. The first-order valence-corrected chi connectivity index (χ1v) is 6.54. The van der Waals surface area contributed by atoms with Gasteiger partial charge in [0, 0.05) is 0 Å². The highest BCUT2D eigenvalue weighted by Crippen LogP contribution is 2.22. The molecule has 0 radical (unpaired) electrons. The first kappa shape index (κ1) is 13.3. The number of anilines is 1. The van der Waals surface area contributed by atoms with Crippen molar-refractivity contribution in [2.45, 2.75) is 31.7 Å². The maximum Gasteiger partial charge on any atom is 0.241 e. The zero-order valence-corrected chi connectivity index (χ0v) is 10.8. The van der Waals surface area contributed by atoms with Gasteiger partial charge in [0.15, 0.2) is 5.82 Å². The Labute approximate surface area is 111 Å². The van der Waals surface area contributed by atoms with Gasteiger partial charge in [0.05, 0.1) is 16.8 Å². The smallest absolute Gasteiger partial charge is 0.241 e. The molecule has 3 nitrogen and oxygen atoms in total. The molecule has 0 saturated carbocycles. The number of hydrogen-bond acceptors (Lipinski definition) is 2. The molecule has 2 rings (SSSR count). The lowest BCUT2D eigenvalue weighted by Gasteiger charge is -2.16. The van der Waals surface area contributed by atoms with Gasteiger partial charge in [-0.25, -0.2) is 4.39 Å². The molecule has 98 valence electrons. The van der Waals surface area contributed by atoms with Crippen molar-refractivity contribution in [3.63, 3.8) is 0 Å². The van der Waals surface area contributed by atoms with Crippen molar-refractivity contribution in [2.24, 2.45) is 0 Å². The molecule has 5 heteroatoms. The van der Waals surface area contributed by atoms with Gasteiger partial charge in [-0.2, -0.15) is 0 Å². The molecular weight excluding hydrogens is 255 g/mol. The summed E-state index contributed by atoms with van der Waals surface area (Å²) >= 11 is 5.67. The van der Waals surface area contributed by atoms with Crippen molar-refractivity contribution in [1.82, 2.24) is 5.32 Å². The maximum absolute atomic E-state index is 13.6. The third kappa shape index (κ3) is 3.21. The Kier molecular flexibility index (Phi) is 4.55. The molecule has 1 aliphatic heterocycles. The van der Waals surface area contributed by atoms with Crippen LogP contribution in [0.5, 0.6) is 0 Å². The first-order valence-electron chi connectivity index (χ1n) is 6.17. The fourth-order valence-electron chi connectivity index (χ4n) is 2.07. The van der Waals surface area contributed by atoms with Gasteiger partial charge >= 0.3 is 0 Å². The summed E-state index contributed by atoms with van der Waals surface area (Å²) in [5, 5.41) is 5.77. The second-order valence-corrected chi connectivity index (χ2v) is 4.85. The van der Waals surface area contributed by atoms with E-state index in [1.165, 1.54) is 12.1 Å². The van der Waals surface area contributed by atoms with Gasteiger partial charge in [0.25, 0.3) is 0 Å². The number of benzene rings is 1. The molecule has 2 N–H and O–H groups in total. The Balaban J connectivity index is 2.03. The fraction of sp³-hybridized carbons (Fsp3) is 0.462. The van der Waals surface area contributed by atoms with E-state index in [4.69, 9.17) is 11.6 Å². The normalized spacial score (nSPS) is 20.2. The molecule has 1 atom stereocenters. The second-order valence-electron chi connectivity index (χ2n) is 4.45. The van der Waals surface area contributed by atoms with E-state index in [2.05, 4.69) is 10.6 Å². The zero-order valence-electron chi connectivity index (χ0n) is 10.0. The quantitative estimate of drug-likeness (QED) is 0.868. The van der Waals surface area contributed by atoms with Gasteiger partial charge in [-0.15, -0.1) is 0 Å². The van der Waals surface area contributed by atoms with Crippen molar-refractivity contribution in [1.29, 1.82) is 0 Å². The van der Waals surface area contributed by atoms with E-state index in [1.807, 2.05) is 0 Å². The van der Waals surface area contributed by atoms with Crippen LogP contribution in [0.3, 0.4) is 0 Å². The van der Waals surface area contributed by atoms with Gasteiger partial charge in [0.1, 0.15) is 0 Å². The third-order valence-corrected chi connectivity index (χ3v) is 3.38. The molecule has 1 aliphatic rings. The molecular formula is C13H16ClFN2O. The Bertz CT molecular complexity index is 431. The molecule has 1 fully saturated rings. The number of carbonyl (C=O) groups is 1. The zero-order chi connectivity index (χ0) is 13.0. The molecule has 1 aromatic rings. The molecule has 0 spiro atoms. The van der Waals surface area contributed by atoms with E-state index in [0.29, 0.717) is 0 Å². The van der Waals surface area contributed by atoms with Crippen molar-refractivity contribution < 1.29 is 9.18 Å². The van der Waals surface area contributed by atoms with Gasteiger partial charge in [0.2, 0.25) is 5.91 Å². The van der Waals surface area contributed by atoms with E-state index in [1.54, 1.807) is 6.07 Å². The largest absolute Gasteiger partial charge is 0.322 e. The highest BCUT2D eigenvalue weighted by molar-refractivity contribution is 6.31. The lowest BCUT2D eigenvalue weighted by molar-refractivity contribution is -0.118. The summed E-state index contributed by atoms with van der Waals surface area (Å²) in [5.74, 6) is -0.779. The van der Waals surface area contributed by atoms with Crippen molar-refractivity contribution >= 4 is 23.2 Å². The predicted octanol–water partition coefficient (Wildman–Crippen LogP) is 2.95. The molecule has 1 aromatic carbocycles. The summed E-state index contributed by atoms with van der Waals surface area (Å²) in [7, 11) is 0. The number of halogens is 2. The molecule has 0 aliphatic carbocycles. The van der Waals surface area contributed by atoms with Gasteiger partial charge < -0.3 is 10.6 Å². The minimum absolute atomic E-state index is 0.0154. The number of hydrogen-bond donors (Lipinski definition) is 2. The summed E-state index contributed by atoms with van der Waals surface area (Å²) in [5.41, 5.74) is 0.138. The average Bonchev–Trinajstić information content (AvgIpc) is 2.63. The van der Waals surface area contributed by atoms with Crippen LogP contribution in [0.1, 0.15) is 25.7 Å². The van der Waals surface area contributed by atoms with Gasteiger partial charge in [-0.1, -0.05) is 30.5 Å². The summed E-state index contributed by atoms with van der Waals surface area (Å²) in [4.78, 5) is 12.0. The predicted molar refractivity (Wildman–Crippen MR) is 70.3 cm³/mol. The van der Waals surface area contributed by atoms with E-state index < -0.39 is 5.82 Å². The van der Waals surface area contributed by atoms with Crippen LogP contribution in [0.25, 0.3) is 0 Å². The van der Waals surface area contributed by atoms with Crippen LogP contribution in [0.2, 0.25) is 5.02 Å². The van der Waals surface area contributed by atoms with Crippen molar-refractivity contribution in [3.05, 3.63) is 29.0 Å². The van der Waals surface area contributed by atoms with Crippen LogP contribution in [-0.4, -0.2) is 18.5 Å². The van der Waals surface area contributed by atoms with Crippen LogP contribution in [0.15, 0.2) is 18.2 Å². The highest BCUT2D eigenvalue weighted by Gasteiger charge is 2.20. The van der Waals surface area contributed by atoms with E-state index in [9.17, 15) is 9.18 Å². The Morgan fingerprint density at radius 3 is 3.06 bits per heavy atom. The molecule has 1 saturated heterocycles. The van der Waals surface area contributed by atoms with Crippen LogP contribution in [-0.2, 0) is 4.79 Å². The van der Waals surface area contributed by atoms with Crippen LogP contribution in [0.4, 0.5) is 10.1 Å². The standard InChI is InChI=1S/C13H16ClFN2O/c14-9-5-4-7-10(12(9)15)17-13(18)11-6-2-1-3-8-16-11/h4-5,7,11,16H,1-3,6,8H2,(H,17,18). The van der Waals surface area contributed by atoms with Crippen LogP contribution < -0.4 is 10.6 Å². The highest BCUT2D eigenvalue weighted by atomic mass is 35.5. The lowest BCUT2D eigenvalue weighted by atomic mass is 10.1. The lowest BCUT2D eigenvalue weighted by Crippen LogP contribution is -2.40. The van der Waals surface area contributed by atoms with E-state index in [0.717, 1.165) is 32.2 Å². The van der Waals surface area contributed by atoms with Gasteiger partial charge in [-0.05, 0) is 31.5 Å². The molecule has 1 amide bonds. The minimum Gasteiger partial charge on any atom is -0.322 e. The molecule has 0 aromatic heterocycles. The second kappa shape index (κ2) is 6.16. The minimum atomic E-state index is -0.582. The topological polar surface area (TPSA) is 41.1 Å². The first-order chi connectivity index (χ1) is 8.68. The van der Waals surface area contributed by atoms with E-state index >= 15 is 0 Å². The van der Waals surface area contributed by atoms with Crippen LogP contribution >= 0.6 is 11.6 Å². The van der Waals surface area contributed by atoms with Crippen molar-refractivity contribution in [3.8, 4) is 0 Å². The maximum atomic E-state index is 13.6. The monoisotopic (exact) mass is 270 g/mol. The van der Waals surface area contributed by atoms with E-state index in [-0.39, 0.29) is 22.7 Å². The number of amides is 1. The number of rotatable bonds is 2. The fourth-order valence-corrected chi connectivity index (χ4v) is 2.25. The van der Waals surface area contributed by atoms with Crippen LogP contribution in [0, 0.1) is 5.82 Å². The number of nitrogens with one attached hydrogen (secondary N) is 2. The molecule has 1 heterocycles. The number of carbonyl (C=O) groups excluding carboxylic acids is 1. The summed E-state index contributed by atoms with van der Waals surface area (Å²) < 4.78 is 13.6. The SMILES string of the molecule is O=C(Nc1cccc(Cl)c1F)C1CCCCCN1.